The molecule has 0 radical (unpaired) electrons. The molecule has 94 valence electrons. The van der Waals surface area contributed by atoms with Crippen molar-refractivity contribution in [2.45, 2.75) is 13.3 Å². The molecule has 2 N–H and O–H groups in total. The van der Waals surface area contributed by atoms with Crippen LogP contribution < -0.4 is 5.56 Å². The topological polar surface area (TPSA) is 48.6 Å². The summed E-state index contributed by atoms with van der Waals surface area (Å²) in [6, 6.07) is 5.31. The molecule has 0 aliphatic rings. The van der Waals surface area contributed by atoms with Crippen LogP contribution in [0.1, 0.15) is 16.8 Å². The van der Waals surface area contributed by atoms with Crippen molar-refractivity contribution < 1.29 is 0 Å². The minimum Gasteiger partial charge on any atom is -0.336 e. The molecule has 0 spiro atoms. The van der Waals surface area contributed by atoms with Gasteiger partial charge >= 0.3 is 0 Å². The molecule has 1 aromatic heterocycles. The Morgan fingerprint density at radius 2 is 1.94 bits per heavy atom. The molecule has 0 bridgehead atoms. The number of hydrogen-bond acceptors (Lipinski definition) is 2. The fraction of sp³-hybridized carbons (Fsp3) is 0.167. The largest absolute Gasteiger partial charge is 0.336 e. The Morgan fingerprint density at radius 3 is 2.56 bits per heavy atom. The minimum atomic E-state index is -0.178. The van der Waals surface area contributed by atoms with Gasteiger partial charge in [0.1, 0.15) is 0 Å². The van der Waals surface area contributed by atoms with Crippen LogP contribution in [0.25, 0.3) is 0 Å². The molecule has 18 heavy (non-hydrogen) atoms. The highest BCUT2D eigenvalue weighted by atomic mass is 35.5. The molecule has 6 heteroatoms. The predicted molar refractivity (Wildman–Crippen MR) is 76.3 cm³/mol. The van der Waals surface area contributed by atoms with Gasteiger partial charge in [-0.05, 0) is 36.8 Å². The fourth-order valence-corrected chi connectivity index (χ4v) is 2.26. The molecule has 1 heterocycles. The van der Waals surface area contributed by atoms with Gasteiger partial charge in [0.2, 0.25) is 0 Å². The number of H-pyrrole nitrogens is 2. The van der Waals surface area contributed by atoms with Gasteiger partial charge in [-0.15, -0.1) is 0 Å². The van der Waals surface area contributed by atoms with Crippen molar-refractivity contribution in [3.8, 4) is 0 Å². The number of rotatable bonds is 2. The summed E-state index contributed by atoms with van der Waals surface area (Å²) < 4.78 is 0.329. The molecule has 0 aliphatic carbocycles. The Morgan fingerprint density at radius 1 is 1.22 bits per heavy atom. The molecule has 3 nitrogen and oxygen atoms in total. The highest BCUT2D eigenvalue weighted by molar-refractivity contribution is 7.71. The van der Waals surface area contributed by atoms with Gasteiger partial charge in [0, 0.05) is 17.7 Å². The molecule has 1 aromatic carbocycles. The number of aromatic nitrogens is 2. The third-order valence-corrected chi connectivity index (χ3v) is 3.56. The molecular weight excluding hydrogens is 291 g/mol. The summed E-state index contributed by atoms with van der Waals surface area (Å²) in [5.74, 6) is 0. The van der Waals surface area contributed by atoms with E-state index in [1.54, 1.807) is 12.1 Å². The monoisotopic (exact) mass is 300 g/mol. The molecule has 0 amide bonds. The van der Waals surface area contributed by atoms with Gasteiger partial charge in [0.25, 0.3) is 5.56 Å². The number of aryl methyl sites for hydroxylation is 1. The molecule has 0 saturated carbocycles. The van der Waals surface area contributed by atoms with E-state index in [2.05, 4.69) is 9.97 Å². The van der Waals surface area contributed by atoms with Gasteiger partial charge in [0.05, 0.1) is 10.0 Å². The number of benzene rings is 1. The lowest BCUT2D eigenvalue weighted by molar-refractivity contribution is 0.963. The molecule has 2 rings (SSSR count). The van der Waals surface area contributed by atoms with Crippen LogP contribution >= 0.6 is 35.4 Å². The fourth-order valence-electron chi connectivity index (χ4n) is 1.69. The smallest absolute Gasteiger partial charge is 0.255 e. The predicted octanol–water partition coefficient (Wildman–Crippen LogP) is 3.64. The van der Waals surface area contributed by atoms with Gasteiger partial charge in [-0.2, -0.15) is 0 Å². The quantitative estimate of drug-likeness (QED) is 0.832. The first-order valence-corrected chi connectivity index (χ1v) is 6.40. The highest BCUT2D eigenvalue weighted by Gasteiger charge is 2.07. The van der Waals surface area contributed by atoms with Crippen LogP contribution in [0.15, 0.2) is 23.0 Å². The van der Waals surface area contributed by atoms with Crippen LogP contribution in [0, 0.1) is 11.7 Å². The third kappa shape index (κ3) is 2.83. The molecule has 0 saturated heterocycles. The summed E-state index contributed by atoms with van der Waals surface area (Å²) in [4.78, 5) is 17.3. The van der Waals surface area contributed by atoms with Crippen molar-refractivity contribution in [1.82, 2.24) is 9.97 Å². The summed E-state index contributed by atoms with van der Waals surface area (Å²) >= 11 is 16.7. The van der Waals surface area contributed by atoms with E-state index in [9.17, 15) is 4.79 Å². The Hall–Kier alpha value is -1.10. The van der Waals surface area contributed by atoms with E-state index in [1.807, 2.05) is 13.0 Å². The number of aromatic amines is 2. The summed E-state index contributed by atoms with van der Waals surface area (Å²) in [5.41, 5.74) is 2.14. The van der Waals surface area contributed by atoms with Gasteiger partial charge in [-0.25, -0.2) is 0 Å². The second-order valence-electron chi connectivity index (χ2n) is 3.94. The maximum atomic E-state index is 11.8. The van der Waals surface area contributed by atoms with E-state index in [-0.39, 0.29) is 5.56 Å². The van der Waals surface area contributed by atoms with Crippen LogP contribution in [0.5, 0.6) is 0 Å². The Labute approximate surface area is 119 Å². The van der Waals surface area contributed by atoms with Crippen LogP contribution in [-0.4, -0.2) is 9.97 Å². The second kappa shape index (κ2) is 5.26. The van der Waals surface area contributed by atoms with Crippen LogP contribution in [-0.2, 0) is 6.42 Å². The van der Waals surface area contributed by atoms with Crippen molar-refractivity contribution >= 4 is 35.4 Å². The van der Waals surface area contributed by atoms with Crippen molar-refractivity contribution in [3.05, 3.63) is 60.2 Å². The zero-order valence-corrected chi connectivity index (χ0v) is 11.8. The van der Waals surface area contributed by atoms with E-state index in [0.717, 1.165) is 11.3 Å². The lowest BCUT2D eigenvalue weighted by Gasteiger charge is -2.06. The van der Waals surface area contributed by atoms with Gasteiger partial charge in [0.15, 0.2) is 4.77 Å². The van der Waals surface area contributed by atoms with Crippen molar-refractivity contribution in [2.24, 2.45) is 0 Å². The Bertz CT molecular complexity index is 706. The summed E-state index contributed by atoms with van der Waals surface area (Å²) in [7, 11) is 0. The van der Waals surface area contributed by atoms with Crippen LogP contribution in [0.3, 0.4) is 0 Å². The summed E-state index contributed by atoms with van der Waals surface area (Å²) in [6.07, 6.45) is 0.476. The first-order valence-electron chi connectivity index (χ1n) is 5.23. The van der Waals surface area contributed by atoms with Crippen molar-refractivity contribution in [1.29, 1.82) is 0 Å². The maximum absolute atomic E-state index is 11.8. The van der Waals surface area contributed by atoms with Crippen LogP contribution in [0.2, 0.25) is 10.0 Å². The molecule has 0 atom stereocenters. The molecule has 0 aliphatic heterocycles. The molecule has 2 aromatic rings. The zero-order valence-electron chi connectivity index (χ0n) is 9.51. The van der Waals surface area contributed by atoms with Crippen LogP contribution in [0.4, 0.5) is 0 Å². The third-order valence-electron chi connectivity index (χ3n) is 2.62. The second-order valence-corrected chi connectivity index (χ2v) is 5.16. The number of hydrogen-bond donors (Lipinski definition) is 2. The van der Waals surface area contributed by atoms with E-state index in [4.69, 9.17) is 35.4 Å². The van der Waals surface area contributed by atoms with E-state index >= 15 is 0 Å². The summed E-state index contributed by atoms with van der Waals surface area (Å²) in [6.45, 7) is 1.82. The maximum Gasteiger partial charge on any atom is 0.255 e. The molecule has 0 fully saturated rings. The SMILES string of the molecule is Cc1[nH]c(=S)[nH]c(=O)c1Cc1ccc(Cl)c(Cl)c1. The van der Waals surface area contributed by atoms with E-state index in [1.165, 1.54) is 0 Å². The summed E-state index contributed by atoms with van der Waals surface area (Å²) in [5, 5.41) is 0.977. The van der Waals surface area contributed by atoms with E-state index < -0.39 is 0 Å². The average Bonchev–Trinajstić information content (AvgIpc) is 2.28. The van der Waals surface area contributed by atoms with E-state index in [0.29, 0.717) is 26.8 Å². The minimum absolute atomic E-state index is 0.178. The Balaban J connectivity index is 2.43. The molecular formula is C12H10Cl2N2OS. The number of nitrogens with one attached hydrogen (secondary N) is 2. The van der Waals surface area contributed by atoms with Gasteiger partial charge in [-0.3, -0.25) is 9.78 Å². The lowest BCUT2D eigenvalue weighted by Crippen LogP contribution is -2.16. The first kappa shape index (κ1) is 13.3. The lowest BCUT2D eigenvalue weighted by atomic mass is 10.1. The van der Waals surface area contributed by atoms with Crippen molar-refractivity contribution in [2.75, 3.05) is 0 Å². The normalized spacial score (nSPS) is 10.6. The average molecular weight is 301 g/mol. The van der Waals surface area contributed by atoms with Gasteiger partial charge in [-0.1, -0.05) is 29.3 Å². The first-order chi connectivity index (χ1) is 8.47. The molecule has 0 unspecified atom stereocenters. The Kier molecular flexibility index (Phi) is 3.90. The standard InChI is InChI=1S/C12H10Cl2N2OS/c1-6-8(11(17)16-12(18)15-6)4-7-2-3-9(13)10(14)5-7/h2-3,5H,4H2,1H3,(H2,15,16,17,18). The zero-order chi connectivity index (χ0) is 13.3. The highest BCUT2D eigenvalue weighted by Crippen LogP contribution is 2.23. The van der Waals surface area contributed by atoms with Gasteiger partial charge < -0.3 is 4.98 Å². The number of halogens is 2. The van der Waals surface area contributed by atoms with Crippen molar-refractivity contribution in [3.63, 3.8) is 0 Å².